The van der Waals surface area contributed by atoms with Crippen molar-refractivity contribution in [1.82, 2.24) is 5.32 Å². The van der Waals surface area contributed by atoms with Crippen LogP contribution in [0.3, 0.4) is 0 Å². The molecule has 0 saturated heterocycles. The lowest BCUT2D eigenvalue weighted by Gasteiger charge is -2.08. The second-order valence-corrected chi connectivity index (χ2v) is 2.12. The molecule has 0 fully saturated rings. The fourth-order valence-electron chi connectivity index (χ4n) is 0.353. The highest BCUT2D eigenvalue weighted by molar-refractivity contribution is 6.46. The van der Waals surface area contributed by atoms with E-state index >= 15 is 0 Å². The van der Waals surface area contributed by atoms with Crippen LogP contribution in [-0.2, 0) is 0 Å². The molecule has 0 spiro atoms. The molecule has 2 nitrogen and oxygen atoms in total. The Labute approximate surface area is 61.4 Å². The highest BCUT2D eigenvalue weighted by Gasteiger charge is 2.12. The van der Waals surface area contributed by atoms with E-state index < -0.39 is 6.42 Å². The molecule has 5 heteroatoms. The van der Waals surface area contributed by atoms with Gasteiger partial charge < -0.3 is 5.32 Å². The van der Waals surface area contributed by atoms with Crippen LogP contribution in [0.5, 0.6) is 0 Å². The third-order valence-corrected chi connectivity index (χ3v) is 1.40. The van der Waals surface area contributed by atoms with Gasteiger partial charge >= 0.3 is 6.42 Å². The Morgan fingerprint density at radius 3 is 2.67 bits per heavy atom. The smallest absolute Gasteiger partial charge is 0.318 e. The Kier molecular flexibility index (Phi) is 1.93. The third kappa shape index (κ3) is 1.56. The number of hydrogen-bond acceptors (Lipinski definition) is 2. The zero-order chi connectivity index (χ0) is 6.85. The summed E-state index contributed by atoms with van der Waals surface area (Å²) in [5.41, 5.74) is 0. The molecular weight excluding hydrogens is 166 g/mol. The van der Waals surface area contributed by atoms with Gasteiger partial charge in [-0.15, -0.1) is 0 Å². The fourth-order valence-corrected chi connectivity index (χ4v) is 0.575. The fraction of sp³-hybridized carbons (Fsp3) is 0. The molecule has 1 rings (SSSR count). The van der Waals surface area contributed by atoms with Crippen molar-refractivity contribution in [2.24, 2.45) is 4.99 Å². The van der Waals surface area contributed by atoms with Crippen LogP contribution in [0.4, 0.5) is 4.39 Å². The number of allylic oxidation sites excluding steroid dienone is 1. The Hall–Kier alpha value is -0.280. The van der Waals surface area contributed by atoms with Crippen molar-refractivity contribution in [2.75, 3.05) is 0 Å². The molecule has 0 aromatic carbocycles. The van der Waals surface area contributed by atoms with Gasteiger partial charge in [-0.1, -0.05) is 23.2 Å². The Morgan fingerprint density at radius 2 is 2.22 bits per heavy atom. The average molecular weight is 168 g/mol. The maximum Gasteiger partial charge on any atom is 0.351 e. The molecule has 1 radical (unpaired) electrons. The minimum Gasteiger partial charge on any atom is -0.318 e. The van der Waals surface area contributed by atoms with E-state index in [0.29, 0.717) is 0 Å². The van der Waals surface area contributed by atoms with Crippen molar-refractivity contribution >= 4 is 29.4 Å². The van der Waals surface area contributed by atoms with Crippen LogP contribution in [0.25, 0.3) is 0 Å². The van der Waals surface area contributed by atoms with Crippen molar-refractivity contribution in [3.8, 4) is 0 Å². The minimum atomic E-state index is -0.746. The molecule has 49 valence electrons. The highest BCUT2D eigenvalue weighted by atomic mass is 35.5. The molecule has 0 unspecified atom stereocenters. The quantitative estimate of drug-likeness (QED) is 0.547. The van der Waals surface area contributed by atoms with Crippen LogP contribution >= 0.6 is 23.2 Å². The van der Waals surface area contributed by atoms with Crippen LogP contribution in [0.2, 0.25) is 0 Å². The first-order valence-electron chi connectivity index (χ1n) is 2.09. The summed E-state index contributed by atoms with van der Waals surface area (Å²) in [4.78, 5) is 3.20. The lowest BCUT2D eigenvalue weighted by molar-refractivity contribution is 0.447. The van der Waals surface area contributed by atoms with E-state index in [2.05, 4.69) is 10.3 Å². The van der Waals surface area contributed by atoms with E-state index in [-0.39, 0.29) is 10.2 Å². The highest BCUT2D eigenvalue weighted by Crippen LogP contribution is 2.17. The lowest BCUT2D eigenvalue weighted by atomic mass is 10.6. The molecule has 0 bridgehead atoms. The summed E-state index contributed by atoms with van der Waals surface area (Å²) < 4.78 is 12.0. The molecule has 0 aromatic heterocycles. The van der Waals surface area contributed by atoms with Crippen LogP contribution in [0.1, 0.15) is 0 Å². The number of halogens is 3. The topological polar surface area (TPSA) is 24.4 Å². The largest absolute Gasteiger partial charge is 0.351 e. The first-order valence-corrected chi connectivity index (χ1v) is 2.84. The zero-order valence-electron chi connectivity index (χ0n) is 4.16. The van der Waals surface area contributed by atoms with Gasteiger partial charge in [0, 0.05) is 6.21 Å². The molecule has 1 N–H and O–H groups in total. The number of nitrogens with one attached hydrogen (secondary N) is 1. The number of rotatable bonds is 0. The van der Waals surface area contributed by atoms with Gasteiger partial charge in [-0.2, -0.15) is 4.39 Å². The number of nitrogens with zero attached hydrogens (tertiary/aromatic N) is 1. The van der Waals surface area contributed by atoms with E-state index in [9.17, 15) is 4.39 Å². The molecule has 0 aliphatic carbocycles. The number of hydrogen-bond donors (Lipinski definition) is 1. The number of aliphatic imine (C=N–C) groups is 1. The molecule has 0 saturated carbocycles. The van der Waals surface area contributed by atoms with E-state index in [4.69, 9.17) is 23.2 Å². The van der Waals surface area contributed by atoms with Gasteiger partial charge in [0.15, 0.2) is 0 Å². The predicted octanol–water partition coefficient (Wildman–Crippen LogP) is 1.72. The van der Waals surface area contributed by atoms with Crippen LogP contribution in [0, 0.1) is 6.42 Å². The van der Waals surface area contributed by atoms with Gasteiger partial charge in [0.25, 0.3) is 0 Å². The molecule has 0 amide bonds. The summed E-state index contributed by atoms with van der Waals surface area (Å²) in [7, 11) is 0. The lowest BCUT2D eigenvalue weighted by Crippen LogP contribution is -2.16. The van der Waals surface area contributed by atoms with Crippen LogP contribution < -0.4 is 5.32 Å². The van der Waals surface area contributed by atoms with Gasteiger partial charge in [0.2, 0.25) is 0 Å². The maximum atomic E-state index is 12.0. The minimum absolute atomic E-state index is 0.0594. The first kappa shape index (κ1) is 6.83. The standard InChI is InChI=1S/C4H2Cl2FN2/c5-2-1-8-4(7)9-3(2)6/h1,9H. The Morgan fingerprint density at radius 1 is 1.56 bits per heavy atom. The van der Waals surface area contributed by atoms with Crippen molar-refractivity contribution in [1.29, 1.82) is 0 Å². The van der Waals surface area contributed by atoms with Crippen LogP contribution in [0.15, 0.2) is 15.2 Å². The molecule has 1 aliphatic heterocycles. The molecule has 0 aromatic rings. The maximum absolute atomic E-state index is 12.0. The third-order valence-electron chi connectivity index (χ3n) is 0.714. The van der Waals surface area contributed by atoms with Gasteiger partial charge in [-0.25, -0.2) is 4.99 Å². The second-order valence-electron chi connectivity index (χ2n) is 1.34. The van der Waals surface area contributed by atoms with Gasteiger partial charge in [-0.3, -0.25) is 0 Å². The summed E-state index contributed by atoms with van der Waals surface area (Å²) in [6.07, 6.45) is 0.389. The summed E-state index contributed by atoms with van der Waals surface area (Å²) in [6, 6.07) is 0. The summed E-state index contributed by atoms with van der Waals surface area (Å²) in [5, 5.41) is 2.36. The van der Waals surface area contributed by atoms with E-state index in [1.54, 1.807) is 0 Å². The van der Waals surface area contributed by atoms with E-state index in [1.807, 2.05) is 0 Å². The van der Waals surface area contributed by atoms with E-state index in [1.165, 1.54) is 0 Å². The normalized spacial score (nSPS) is 20.3. The summed E-state index contributed by atoms with van der Waals surface area (Å²) in [6.45, 7) is 0. The van der Waals surface area contributed by atoms with Gasteiger partial charge in [-0.05, 0) is 0 Å². The van der Waals surface area contributed by atoms with E-state index in [0.717, 1.165) is 6.21 Å². The predicted molar refractivity (Wildman–Crippen MR) is 34.7 cm³/mol. The van der Waals surface area contributed by atoms with Crippen LogP contribution in [-0.4, -0.2) is 6.21 Å². The second kappa shape index (κ2) is 2.54. The van der Waals surface area contributed by atoms with Crippen molar-refractivity contribution in [3.63, 3.8) is 0 Å². The van der Waals surface area contributed by atoms with Crippen molar-refractivity contribution < 1.29 is 4.39 Å². The Balaban J connectivity index is 2.75. The summed E-state index contributed by atoms with van der Waals surface area (Å²) >= 11 is 10.7. The Bertz CT molecular complexity index is 177. The SMILES string of the molecule is F[C]1N=CC(Cl)=C(Cl)N1. The molecule has 0 atom stereocenters. The van der Waals surface area contributed by atoms with Crippen molar-refractivity contribution in [2.45, 2.75) is 0 Å². The first-order chi connectivity index (χ1) is 4.20. The molecule has 1 heterocycles. The molecular formula is C4H2Cl2FN2. The molecule has 1 aliphatic rings. The summed E-state index contributed by atoms with van der Waals surface area (Å²) in [5.74, 6) is 0. The molecule has 9 heavy (non-hydrogen) atoms. The van der Waals surface area contributed by atoms with Crippen molar-refractivity contribution in [3.05, 3.63) is 16.6 Å². The average Bonchev–Trinajstić information content (AvgIpc) is 1.80. The van der Waals surface area contributed by atoms with Gasteiger partial charge in [0.1, 0.15) is 5.16 Å². The van der Waals surface area contributed by atoms with Gasteiger partial charge in [0.05, 0.1) is 5.03 Å². The zero-order valence-corrected chi connectivity index (χ0v) is 5.67. The monoisotopic (exact) mass is 167 g/mol.